The molecule has 1 aliphatic heterocycles. The fourth-order valence-corrected chi connectivity index (χ4v) is 2.86. The lowest BCUT2D eigenvalue weighted by Gasteiger charge is -2.34. The monoisotopic (exact) mass is 337 g/mol. The van der Waals surface area contributed by atoms with Gasteiger partial charge < -0.3 is 13.9 Å². The number of hydrogen-bond acceptors (Lipinski definition) is 7. The highest BCUT2D eigenvalue weighted by molar-refractivity contribution is 7.13. The summed E-state index contributed by atoms with van der Waals surface area (Å²) in [6.07, 6.45) is -0.401. The Labute approximate surface area is 138 Å². The summed E-state index contributed by atoms with van der Waals surface area (Å²) in [5, 5.41) is 10.1. The maximum Gasteiger partial charge on any atom is 0.411 e. The zero-order valence-electron chi connectivity index (χ0n) is 13.3. The highest BCUT2D eigenvalue weighted by Gasteiger charge is 2.35. The number of carbonyl (C=O) groups is 1. The second-order valence-electron chi connectivity index (χ2n) is 6.19. The molecule has 1 saturated heterocycles. The maximum atomic E-state index is 12.4. The number of ether oxygens (including phenoxy) is 2. The lowest BCUT2D eigenvalue weighted by atomic mass is 10.2. The van der Waals surface area contributed by atoms with Gasteiger partial charge in [0.1, 0.15) is 11.6 Å². The number of rotatable bonds is 2. The fourth-order valence-electron chi connectivity index (χ4n) is 2.22. The van der Waals surface area contributed by atoms with Gasteiger partial charge in [-0.25, -0.2) is 4.79 Å². The van der Waals surface area contributed by atoms with Crippen LogP contribution < -0.4 is 0 Å². The number of nitrogens with zero attached hydrogens (tertiary/aromatic N) is 3. The summed E-state index contributed by atoms with van der Waals surface area (Å²) >= 11 is 1.52. The Hall–Kier alpha value is -1.93. The van der Waals surface area contributed by atoms with Gasteiger partial charge in [0.2, 0.25) is 5.89 Å². The van der Waals surface area contributed by atoms with Crippen LogP contribution in [0, 0.1) is 0 Å². The normalized spacial score (nSPS) is 18.9. The Balaban J connectivity index is 1.80. The van der Waals surface area contributed by atoms with E-state index >= 15 is 0 Å². The average Bonchev–Trinajstić information content (AvgIpc) is 3.16. The first-order valence-electron chi connectivity index (χ1n) is 7.39. The summed E-state index contributed by atoms with van der Waals surface area (Å²) in [6.45, 7) is 6.70. The van der Waals surface area contributed by atoms with E-state index < -0.39 is 17.7 Å². The van der Waals surface area contributed by atoms with Crippen molar-refractivity contribution in [1.29, 1.82) is 0 Å². The highest BCUT2D eigenvalue weighted by atomic mass is 32.1. The number of aromatic nitrogens is 2. The molecule has 0 saturated carbocycles. The molecule has 1 fully saturated rings. The molecule has 2 aromatic rings. The molecule has 0 unspecified atom stereocenters. The molecule has 2 aromatic heterocycles. The van der Waals surface area contributed by atoms with E-state index in [0.717, 1.165) is 4.88 Å². The van der Waals surface area contributed by atoms with Crippen molar-refractivity contribution < 1.29 is 18.7 Å². The van der Waals surface area contributed by atoms with Crippen LogP contribution in [0.5, 0.6) is 0 Å². The van der Waals surface area contributed by atoms with Crippen molar-refractivity contribution in [3.05, 3.63) is 23.4 Å². The summed E-state index contributed by atoms with van der Waals surface area (Å²) in [4.78, 5) is 14.9. The predicted molar refractivity (Wildman–Crippen MR) is 84.1 cm³/mol. The third kappa shape index (κ3) is 3.70. The molecule has 7 nitrogen and oxygen atoms in total. The van der Waals surface area contributed by atoms with E-state index in [-0.39, 0.29) is 0 Å². The van der Waals surface area contributed by atoms with Crippen molar-refractivity contribution in [2.75, 3.05) is 19.8 Å². The van der Waals surface area contributed by atoms with Crippen molar-refractivity contribution >= 4 is 17.4 Å². The van der Waals surface area contributed by atoms with Crippen LogP contribution in [0.4, 0.5) is 4.79 Å². The molecule has 23 heavy (non-hydrogen) atoms. The number of hydrogen-bond donors (Lipinski definition) is 0. The van der Waals surface area contributed by atoms with Gasteiger partial charge in [0.15, 0.2) is 0 Å². The predicted octanol–water partition coefficient (Wildman–Crippen LogP) is 3.11. The standard InChI is InChI=1S/C15H19N3O4S/c1-15(2,3)22-14(19)18-6-7-20-9-10(18)12-16-17-13(21-12)11-5-4-8-23-11/h4-5,8,10H,6-7,9H2,1-3H3/t10-/m0/s1. The van der Waals surface area contributed by atoms with Crippen LogP contribution in [0.3, 0.4) is 0 Å². The third-order valence-corrected chi connectivity index (χ3v) is 4.07. The van der Waals surface area contributed by atoms with E-state index in [1.807, 2.05) is 38.3 Å². The Morgan fingerprint density at radius 3 is 2.96 bits per heavy atom. The Morgan fingerprint density at radius 1 is 1.43 bits per heavy atom. The summed E-state index contributed by atoms with van der Waals surface area (Å²) < 4.78 is 16.7. The van der Waals surface area contributed by atoms with Crippen molar-refractivity contribution in [2.45, 2.75) is 32.4 Å². The van der Waals surface area contributed by atoms with Crippen LogP contribution in [0.25, 0.3) is 10.8 Å². The minimum absolute atomic E-state index is 0.311. The molecule has 1 aliphatic rings. The Bertz CT molecular complexity index is 663. The molecule has 0 aromatic carbocycles. The van der Waals surface area contributed by atoms with Crippen LogP contribution in [0.1, 0.15) is 32.7 Å². The van der Waals surface area contributed by atoms with Crippen LogP contribution in [-0.2, 0) is 9.47 Å². The number of carbonyl (C=O) groups excluding carboxylic acids is 1. The molecule has 0 spiro atoms. The van der Waals surface area contributed by atoms with E-state index in [4.69, 9.17) is 13.9 Å². The van der Waals surface area contributed by atoms with Crippen LogP contribution in [0.15, 0.2) is 21.9 Å². The zero-order valence-corrected chi connectivity index (χ0v) is 14.1. The van der Waals surface area contributed by atoms with Gasteiger partial charge in [0, 0.05) is 6.54 Å². The molecule has 0 N–H and O–H groups in total. The summed E-state index contributed by atoms with van der Waals surface area (Å²) in [5.41, 5.74) is -0.559. The quantitative estimate of drug-likeness (QED) is 0.838. The lowest BCUT2D eigenvalue weighted by Crippen LogP contribution is -2.45. The largest absolute Gasteiger partial charge is 0.444 e. The molecule has 124 valence electrons. The SMILES string of the molecule is CC(C)(C)OC(=O)N1CCOC[C@H]1c1nnc(-c2cccs2)o1. The Morgan fingerprint density at radius 2 is 2.26 bits per heavy atom. The van der Waals surface area contributed by atoms with E-state index in [1.165, 1.54) is 11.3 Å². The fraction of sp³-hybridized carbons (Fsp3) is 0.533. The van der Waals surface area contributed by atoms with Crippen LogP contribution >= 0.6 is 11.3 Å². The van der Waals surface area contributed by atoms with Gasteiger partial charge in [-0.3, -0.25) is 4.90 Å². The van der Waals surface area contributed by atoms with E-state index in [2.05, 4.69) is 10.2 Å². The summed E-state index contributed by atoms with van der Waals surface area (Å²) in [5.74, 6) is 0.809. The van der Waals surface area contributed by atoms with Gasteiger partial charge >= 0.3 is 6.09 Å². The first kappa shape index (κ1) is 15.9. The first-order valence-corrected chi connectivity index (χ1v) is 8.26. The van der Waals surface area contributed by atoms with Crippen molar-refractivity contribution in [1.82, 2.24) is 15.1 Å². The molecule has 3 heterocycles. The molecule has 8 heteroatoms. The van der Waals surface area contributed by atoms with Crippen molar-refractivity contribution in [3.8, 4) is 10.8 Å². The van der Waals surface area contributed by atoms with Gasteiger partial charge in [-0.1, -0.05) is 6.07 Å². The molecular formula is C15H19N3O4S. The Kier molecular flexibility index (Phi) is 4.36. The van der Waals surface area contributed by atoms with E-state index in [0.29, 0.717) is 31.5 Å². The zero-order chi connectivity index (χ0) is 16.4. The molecule has 3 rings (SSSR count). The second kappa shape index (κ2) is 6.29. The van der Waals surface area contributed by atoms with Gasteiger partial charge in [-0.2, -0.15) is 0 Å². The molecule has 0 radical (unpaired) electrons. The molecule has 0 aliphatic carbocycles. The van der Waals surface area contributed by atoms with Gasteiger partial charge in [-0.05, 0) is 32.2 Å². The lowest BCUT2D eigenvalue weighted by molar-refractivity contribution is -0.0389. The molecule has 1 atom stereocenters. The van der Waals surface area contributed by atoms with Crippen LogP contribution in [-0.4, -0.2) is 46.6 Å². The number of amides is 1. The van der Waals surface area contributed by atoms with E-state index in [1.54, 1.807) is 4.90 Å². The van der Waals surface area contributed by atoms with E-state index in [9.17, 15) is 4.79 Å². The topological polar surface area (TPSA) is 77.7 Å². The second-order valence-corrected chi connectivity index (χ2v) is 7.13. The highest BCUT2D eigenvalue weighted by Crippen LogP contribution is 2.29. The maximum absolute atomic E-state index is 12.4. The summed E-state index contributed by atoms with van der Waals surface area (Å²) in [7, 11) is 0. The first-order chi connectivity index (χ1) is 10.9. The molecular weight excluding hydrogens is 318 g/mol. The van der Waals surface area contributed by atoms with Crippen molar-refractivity contribution in [2.24, 2.45) is 0 Å². The van der Waals surface area contributed by atoms with Gasteiger partial charge in [-0.15, -0.1) is 21.5 Å². The number of morpholine rings is 1. The number of thiophene rings is 1. The summed E-state index contributed by atoms with van der Waals surface area (Å²) in [6, 6.07) is 3.39. The molecule has 0 bridgehead atoms. The third-order valence-electron chi connectivity index (χ3n) is 3.21. The van der Waals surface area contributed by atoms with Gasteiger partial charge in [0.05, 0.1) is 18.1 Å². The van der Waals surface area contributed by atoms with Crippen molar-refractivity contribution in [3.63, 3.8) is 0 Å². The van der Waals surface area contributed by atoms with Crippen LogP contribution in [0.2, 0.25) is 0 Å². The smallest absolute Gasteiger partial charge is 0.411 e. The minimum atomic E-state index is -0.559. The molecule has 1 amide bonds. The average molecular weight is 337 g/mol. The minimum Gasteiger partial charge on any atom is -0.444 e. The van der Waals surface area contributed by atoms with Gasteiger partial charge in [0.25, 0.3) is 5.89 Å².